The number of ether oxygens (including phenoxy) is 2. The van der Waals surface area contributed by atoms with E-state index in [-0.39, 0.29) is 11.9 Å². The van der Waals surface area contributed by atoms with Crippen LogP contribution in [0.2, 0.25) is 0 Å². The molecule has 0 aliphatic carbocycles. The summed E-state index contributed by atoms with van der Waals surface area (Å²) >= 11 is 5.71. The molecular formula is C26H29FN4O3S. The molecule has 0 saturated heterocycles. The maximum atomic E-state index is 13.6. The van der Waals surface area contributed by atoms with Crippen LogP contribution in [-0.4, -0.2) is 40.9 Å². The Bertz CT molecular complexity index is 1240. The van der Waals surface area contributed by atoms with Gasteiger partial charge in [-0.3, -0.25) is 0 Å². The number of hydrogen-bond donors (Lipinski definition) is 1. The fraction of sp³-hybridized carbons (Fsp3) is 0.346. The lowest BCUT2D eigenvalue weighted by atomic mass is 9.94. The summed E-state index contributed by atoms with van der Waals surface area (Å²) in [6.45, 7) is 7.11. The molecule has 0 radical (unpaired) electrons. The number of halogens is 1. The summed E-state index contributed by atoms with van der Waals surface area (Å²) in [4.78, 5) is 6.78. The van der Waals surface area contributed by atoms with Crippen LogP contribution in [0.15, 0.2) is 52.7 Å². The van der Waals surface area contributed by atoms with Crippen LogP contribution in [0, 0.1) is 11.7 Å². The van der Waals surface area contributed by atoms with Crippen molar-refractivity contribution in [1.82, 2.24) is 20.4 Å². The van der Waals surface area contributed by atoms with E-state index in [2.05, 4.69) is 29.2 Å². The molecular weight excluding hydrogens is 467 g/mol. The van der Waals surface area contributed by atoms with Gasteiger partial charge >= 0.3 is 0 Å². The number of hydrogen-bond acceptors (Lipinski definition) is 6. The first kappa shape index (κ1) is 24.7. The van der Waals surface area contributed by atoms with E-state index in [1.807, 2.05) is 13.0 Å². The number of nitrogens with zero attached hydrogens (tertiary/aromatic N) is 3. The maximum absolute atomic E-state index is 13.6. The minimum Gasteiger partial charge on any atom is -0.493 e. The van der Waals surface area contributed by atoms with E-state index in [0.29, 0.717) is 34.2 Å². The van der Waals surface area contributed by atoms with E-state index >= 15 is 0 Å². The van der Waals surface area contributed by atoms with Crippen molar-refractivity contribution in [3.8, 4) is 22.9 Å². The van der Waals surface area contributed by atoms with Crippen LogP contribution in [-0.2, 0) is 0 Å². The van der Waals surface area contributed by atoms with Gasteiger partial charge in [0, 0.05) is 17.8 Å². The second kappa shape index (κ2) is 10.4. The lowest BCUT2D eigenvalue weighted by molar-refractivity contribution is 0.355. The van der Waals surface area contributed by atoms with Crippen LogP contribution in [0.4, 0.5) is 4.39 Å². The highest BCUT2D eigenvalue weighted by atomic mass is 32.1. The monoisotopic (exact) mass is 496 g/mol. The van der Waals surface area contributed by atoms with Crippen molar-refractivity contribution in [3.63, 3.8) is 0 Å². The first-order valence-corrected chi connectivity index (χ1v) is 11.8. The van der Waals surface area contributed by atoms with Crippen molar-refractivity contribution in [2.24, 2.45) is 5.92 Å². The molecule has 9 heteroatoms. The second-order valence-corrected chi connectivity index (χ2v) is 9.15. The van der Waals surface area contributed by atoms with Gasteiger partial charge in [-0.05, 0) is 67.4 Å². The van der Waals surface area contributed by atoms with E-state index < -0.39 is 0 Å². The highest BCUT2D eigenvalue weighted by Crippen LogP contribution is 2.38. The van der Waals surface area contributed by atoms with Gasteiger partial charge in [0.1, 0.15) is 5.82 Å². The second-order valence-electron chi connectivity index (χ2n) is 8.76. The van der Waals surface area contributed by atoms with Gasteiger partial charge in [-0.25, -0.2) is 4.39 Å². The van der Waals surface area contributed by atoms with Crippen LogP contribution in [0.5, 0.6) is 11.5 Å². The normalized spacial score (nSPS) is 16.0. The molecule has 0 fully saturated rings. The first-order chi connectivity index (χ1) is 16.8. The Morgan fingerprint density at radius 3 is 2.49 bits per heavy atom. The minimum absolute atomic E-state index is 0.304. The molecule has 0 bridgehead atoms. The largest absolute Gasteiger partial charge is 0.493 e. The van der Waals surface area contributed by atoms with Crippen molar-refractivity contribution in [1.29, 1.82) is 0 Å². The maximum Gasteiger partial charge on any atom is 0.258 e. The van der Waals surface area contributed by atoms with Crippen LogP contribution in [0.25, 0.3) is 17.0 Å². The Labute approximate surface area is 209 Å². The summed E-state index contributed by atoms with van der Waals surface area (Å²) < 4.78 is 30.2. The Kier molecular flexibility index (Phi) is 7.35. The molecule has 0 saturated carbocycles. The van der Waals surface area contributed by atoms with Crippen LogP contribution in [0.3, 0.4) is 0 Å². The highest BCUT2D eigenvalue weighted by Gasteiger charge is 2.34. The molecule has 1 N–H and O–H groups in total. The van der Waals surface area contributed by atoms with Crippen molar-refractivity contribution in [3.05, 3.63) is 65.4 Å². The van der Waals surface area contributed by atoms with Crippen molar-refractivity contribution in [2.45, 2.75) is 33.2 Å². The number of aromatic nitrogens is 2. The molecule has 2 aromatic carbocycles. The van der Waals surface area contributed by atoms with Crippen LogP contribution >= 0.6 is 12.2 Å². The molecule has 1 aromatic heterocycles. The van der Waals surface area contributed by atoms with E-state index in [9.17, 15) is 4.39 Å². The van der Waals surface area contributed by atoms with Crippen molar-refractivity contribution < 1.29 is 18.4 Å². The predicted molar refractivity (Wildman–Crippen MR) is 136 cm³/mol. The fourth-order valence-electron chi connectivity index (χ4n) is 4.05. The highest BCUT2D eigenvalue weighted by molar-refractivity contribution is 7.80. The summed E-state index contributed by atoms with van der Waals surface area (Å²) in [5.41, 5.74) is 3.29. The number of nitrogens with one attached hydrogen (secondary N) is 1. The van der Waals surface area contributed by atoms with Crippen LogP contribution < -0.4 is 14.8 Å². The molecule has 3 aromatic rings. The molecule has 0 spiro atoms. The third-order valence-corrected chi connectivity index (χ3v) is 6.37. The number of thiocarbonyl (C=S) groups is 1. The standard InChI is InChI=1S/C26H29FN4O3S/c1-15(2)12-13-31-16(3)22(23(28-26(31)35)17-6-9-19(27)10-7-17)25-29-24(30-34-25)18-8-11-20(32-4)21(14-18)33-5/h6-11,14-15,23H,12-13H2,1-5H3,(H,28,35). The molecule has 0 amide bonds. The zero-order chi connectivity index (χ0) is 25.1. The van der Waals surface area contributed by atoms with E-state index in [0.717, 1.165) is 35.4 Å². The fourth-order valence-corrected chi connectivity index (χ4v) is 4.39. The zero-order valence-corrected chi connectivity index (χ0v) is 21.3. The lowest BCUT2D eigenvalue weighted by Gasteiger charge is -2.37. The van der Waals surface area contributed by atoms with E-state index in [1.54, 1.807) is 38.5 Å². The smallest absolute Gasteiger partial charge is 0.258 e. The van der Waals surface area contributed by atoms with Gasteiger partial charge in [0.15, 0.2) is 16.6 Å². The number of rotatable bonds is 8. The van der Waals surface area contributed by atoms with E-state index in [4.69, 9.17) is 31.2 Å². The Morgan fingerprint density at radius 1 is 1.11 bits per heavy atom. The van der Waals surface area contributed by atoms with Crippen molar-refractivity contribution in [2.75, 3.05) is 20.8 Å². The molecule has 1 aliphatic heterocycles. The molecule has 4 rings (SSSR count). The predicted octanol–water partition coefficient (Wildman–Crippen LogP) is 5.60. The quantitative estimate of drug-likeness (QED) is 0.404. The topological polar surface area (TPSA) is 72.7 Å². The third kappa shape index (κ3) is 5.14. The molecule has 35 heavy (non-hydrogen) atoms. The first-order valence-electron chi connectivity index (χ1n) is 11.4. The zero-order valence-electron chi connectivity index (χ0n) is 20.5. The summed E-state index contributed by atoms with van der Waals surface area (Å²) in [5.74, 6) is 2.18. The Morgan fingerprint density at radius 2 is 1.83 bits per heavy atom. The van der Waals surface area contributed by atoms with Gasteiger partial charge in [0.25, 0.3) is 5.89 Å². The number of methoxy groups -OCH3 is 2. The molecule has 1 atom stereocenters. The van der Waals surface area contributed by atoms with Gasteiger partial charge in [-0.15, -0.1) is 0 Å². The average Bonchev–Trinajstić information content (AvgIpc) is 3.33. The van der Waals surface area contributed by atoms with E-state index in [1.165, 1.54) is 12.1 Å². The third-order valence-electron chi connectivity index (χ3n) is 6.03. The Balaban J connectivity index is 1.78. The summed E-state index contributed by atoms with van der Waals surface area (Å²) in [5, 5.41) is 8.24. The molecule has 7 nitrogen and oxygen atoms in total. The van der Waals surface area contributed by atoms with Gasteiger partial charge in [-0.2, -0.15) is 4.98 Å². The molecule has 1 unspecified atom stereocenters. The molecule has 2 heterocycles. The molecule has 184 valence electrons. The average molecular weight is 497 g/mol. The van der Waals surface area contributed by atoms with Gasteiger partial charge in [0.2, 0.25) is 5.82 Å². The van der Waals surface area contributed by atoms with Crippen LogP contribution in [0.1, 0.15) is 44.7 Å². The number of allylic oxidation sites excluding steroid dienone is 1. The summed E-state index contributed by atoms with van der Waals surface area (Å²) in [7, 11) is 3.16. The summed E-state index contributed by atoms with van der Waals surface area (Å²) in [6.07, 6.45) is 0.967. The Hall–Kier alpha value is -3.46. The molecule has 1 aliphatic rings. The lowest BCUT2D eigenvalue weighted by Crippen LogP contribution is -2.46. The number of benzene rings is 2. The van der Waals surface area contributed by atoms with Gasteiger partial charge in [-0.1, -0.05) is 31.1 Å². The van der Waals surface area contributed by atoms with Gasteiger partial charge in [0.05, 0.1) is 25.8 Å². The summed E-state index contributed by atoms with van der Waals surface area (Å²) in [6, 6.07) is 11.4. The SMILES string of the molecule is COc1ccc(-c2noc(C3=C(C)N(CCC(C)C)C(=S)NC3c3ccc(F)cc3)n2)cc1OC. The van der Waals surface area contributed by atoms with Crippen molar-refractivity contribution >= 4 is 22.9 Å². The minimum atomic E-state index is -0.364. The van der Waals surface area contributed by atoms with Gasteiger partial charge < -0.3 is 24.2 Å².